The van der Waals surface area contributed by atoms with Gasteiger partial charge < -0.3 is 5.73 Å². The fourth-order valence-electron chi connectivity index (χ4n) is 0.834. The van der Waals surface area contributed by atoms with Crippen LogP contribution in [0, 0.1) is 0 Å². The van der Waals surface area contributed by atoms with Crippen LogP contribution in [-0.2, 0) is 9.63 Å². The van der Waals surface area contributed by atoms with E-state index in [0.29, 0.717) is 6.42 Å². The molecule has 0 saturated heterocycles. The Morgan fingerprint density at radius 2 is 2.07 bits per heavy atom. The first kappa shape index (κ1) is 13.4. The van der Waals surface area contributed by atoms with E-state index in [2.05, 4.69) is 12.4 Å². The fraction of sp³-hybridized carbons (Fsp3) is 0.900. The van der Waals surface area contributed by atoms with Crippen LogP contribution < -0.4 is 11.2 Å². The van der Waals surface area contributed by atoms with Gasteiger partial charge in [-0.25, -0.2) is 5.48 Å². The van der Waals surface area contributed by atoms with Gasteiger partial charge in [-0.3, -0.25) is 9.63 Å². The lowest BCUT2D eigenvalue weighted by Gasteiger charge is -2.20. The quantitative estimate of drug-likeness (QED) is 0.661. The summed E-state index contributed by atoms with van der Waals surface area (Å²) in [5.41, 5.74) is 7.63. The summed E-state index contributed by atoms with van der Waals surface area (Å²) in [6.45, 7) is 7.66. The third kappa shape index (κ3) is 6.86. The second-order valence-electron chi connectivity index (χ2n) is 4.43. The maximum atomic E-state index is 11.3. The molecule has 0 fully saturated rings. The number of nitrogens with one attached hydrogen (secondary N) is 1. The molecule has 4 heteroatoms. The van der Waals surface area contributed by atoms with Crippen molar-refractivity contribution >= 4 is 5.91 Å². The van der Waals surface area contributed by atoms with Crippen LogP contribution in [0.2, 0.25) is 0 Å². The van der Waals surface area contributed by atoms with Crippen LogP contribution in [-0.4, -0.2) is 17.6 Å². The maximum absolute atomic E-state index is 11.3. The van der Waals surface area contributed by atoms with Gasteiger partial charge in [-0.1, -0.05) is 19.8 Å². The van der Waals surface area contributed by atoms with Gasteiger partial charge in [0.2, 0.25) is 0 Å². The van der Waals surface area contributed by atoms with Crippen LogP contribution in [0.15, 0.2) is 0 Å². The third-order valence-corrected chi connectivity index (χ3v) is 1.66. The number of hydrogen-bond acceptors (Lipinski definition) is 3. The van der Waals surface area contributed by atoms with E-state index in [4.69, 9.17) is 10.6 Å². The first-order valence-corrected chi connectivity index (χ1v) is 5.10. The molecule has 0 aromatic rings. The zero-order valence-electron chi connectivity index (χ0n) is 9.59. The van der Waals surface area contributed by atoms with Crippen molar-refractivity contribution in [2.45, 2.75) is 58.6 Å². The average molecular weight is 202 g/mol. The van der Waals surface area contributed by atoms with Crippen molar-refractivity contribution in [1.29, 1.82) is 0 Å². The molecule has 0 spiro atoms. The van der Waals surface area contributed by atoms with Crippen LogP contribution in [0.5, 0.6) is 0 Å². The van der Waals surface area contributed by atoms with Gasteiger partial charge in [-0.2, -0.15) is 0 Å². The summed E-state index contributed by atoms with van der Waals surface area (Å²) in [5.74, 6) is -0.242. The number of carbonyl (C=O) groups excluding carboxylic acids is 1. The minimum absolute atomic E-state index is 0.242. The molecule has 0 aliphatic rings. The minimum Gasteiger partial charge on any atom is -0.320 e. The number of carbonyl (C=O) groups is 1. The highest BCUT2D eigenvalue weighted by Crippen LogP contribution is 2.04. The summed E-state index contributed by atoms with van der Waals surface area (Å²) in [5, 5.41) is 0. The summed E-state index contributed by atoms with van der Waals surface area (Å²) in [6.07, 6.45) is 2.71. The molecule has 0 aliphatic carbocycles. The topological polar surface area (TPSA) is 64.4 Å². The number of nitrogens with two attached hydrogens (primary N) is 1. The summed E-state index contributed by atoms with van der Waals surface area (Å²) in [6, 6.07) is -0.461. The number of amides is 1. The molecular formula is C10H22N2O2. The van der Waals surface area contributed by atoms with Gasteiger partial charge in [0, 0.05) is 0 Å². The lowest BCUT2D eigenvalue weighted by atomic mass is 10.1. The van der Waals surface area contributed by atoms with Crippen molar-refractivity contribution in [3.63, 3.8) is 0 Å². The van der Waals surface area contributed by atoms with Crippen molar-refractivity contribution in [3.8, 4) is 0 Å². The zero-order valence-corrected chi connectivity index (χ0v) is 9.59. The molecule has 0 radical (unpaired) electrons. The molecule has 4 nitrogen and oxygen atoms in total. The smallest absolute Gasteiger partial charge is 0.260 e. The Bertz CT molecular complexity index is 175. The summed E-state index contributed by atoms with van der Waals surface area (Å²) >= 11 is 0. The van der Waals surface area contributed by atoms with Crippen molar-refractivity contribution < 1.29 is 9.63 Å². The molecule has 1 atom stereocenters. The predicted octanol–water partition coefficient (Wildman–Crippen LogP) is 1.35. The zero-order chi connectivity index (χ0) is 11.2. The third-order valence-electron chi connectivity index (χ3n) is 1.66. The van der Waals surface area contributed by atoms with Gasteiger partial charge in [-0.05, 0) is 27.2 Å². The molecule has 0 aliphatic heterocycles. The molecule has 0 aromatic heterocycles. The first-order chi connectivity index (χ1) is 6.37. The number of unbranched alkanes of at least 4 members (excludes halogenated alkanes) is 1. The van der Waals surface area contributed by atoms with E-state index in [1.165, 1.54) is 0 Å². The Hall–Kier alpha value is -0.610. The Kier molecular flexibility index (Phi) is 5.72. The van der Waals surface area contributed by atoms with Crippen LogP contribution in [0.1, 0.15) is 47.0 Å². The Morgan fingerprint density at radius 3 is 2.50 bits per heavy atom. The van der Waals surface area contributed by atoms with Crippen LogP contribution in [0.3, 0.4) is 0 Å². The highest BCUT2D eigenvalue weighted by atomic mass is 16.7. The van der Waals surface area contributed by atoms with E-state index in [1.807, 2.05) is 20.8 Å². The summed E-state index contributed by atoms with van der Waals surface area (Å²) in [7, 11) is 0. The molecule has 0 saturated carbocycles. The molecule has 84 valence electrons. The van der Waals surface area contributed by atoms with E-state index in [-0.39, 0.29) is 11.5 Å². The SMILES string of the molecule is CCCCC(N)C(=O)NOC(C)(C)C. The van der Waals surface area contributed by atoms with E-state index >= 15 is 0 Å². The average Bonchev–Trinajstić information content (AvgIpc) is 2.09. The number of rotatable bonds is 5. The molecule has 14 heavy (non-hydrogen) atoms. The predicted molar refractivity (Wildman–Crippen MR) is 56.5 cm³/mol. The molecule has 0 aromatic carbocycles. The van der Waals surface area contributed by atoms with Gasteiger partial charge in [0.15, 0.2) is 0 Å². The second kappa shape index (κ2) is 5.98. The molecule has 0 heterocycles. The van der Waals surface area contributed by atoms with Gasteiger partial charge in [-0.15, -0.1) is 0 Å². The highest BCUT2D eigenvalue weighted by Gasteiger charge is 2.16. The maximum Gasteiger partial charge on any atom is 0.260 e. The molecule has 0 rings (SSSR count). The van der Waals surface area contributed by atoms with Gasteiger partial charge in [0.1, 0.15) is 0 Å². The van der Waals surface area contributed by atoms with Crippen LogP contribution in [0.4, 0.5) is 0 Å². The van der Waals surface area contributed by atoms with E-state index < -0.39 is 6.04 Å². The van der Waals surface area contributed by atoms with Crippen LogP contribution >= 0.6 is 0 Å². The fourth-order valence-corrected chi connectivity index (χ4v) is 0.834. The molecular weight excluding hydrogens is 180 g/mol. The Morgan fingerprint density at radius 1 is 1.50 bits per heavy atom. The highest BCUT2D eigenvalue weighted by molar-refractivity contribution is 5.80. The summed E-state index contributed by atoms with van der Waals surface area (Å²) < 4.78 is 0. The Balaban J connectivity index is 3.73. The largest absolute Gasteiger partial charge is 0.320 e. The second-order valence-corrected chi connectivity index (χ2v) is 4.43. The standard InChI is InChI=1S/C10H22N2O2/c1-5-6-7-8(11)9(13)12-14-10(2,3)4/h8H,5-7,11H2,1-4H3,(H,12,13). The van der Waals surface area contributed by atoms with Gasteiger partial charge in [0.05, 0.1) is 11.6 Å². The van der Waals surface area contributed by atoms with Crippen molar-refractivity contribution in [1.82, 2.24) is 5.48 Å². The number of hydrogen-bond donors (Lipinski definition) is 2. The van der Waals surface area contributed by atoms with Crippen molar-refractivity contribution in [2.75, 3.05) is 0 Å². The molecule has 1 unspecified atom stereocenters. The normalized spacial score (nSPS) is 13.8. The Labute approximate surface area is 86.1 Å². The van der Waals surface area contributed by atoms with E-state index in [9.17, 15) is 4.79 Å². The van der Waals surface area contributed by atoms with Gasteiger partial charge >= 0.3 is 0 Å². The van der Waals surface area contributed by atoms with E-state index in [1.54, 1.807) is 0 Å². The number of hydroxylamine groups is 1. The molecule has 0 bridgehead atoms. The van der Waals surface area contributed by atoms with E-state index in [0.717, 1.165) is 12.8 Å². The first-order valence-electron chi connectivity index (χ1n) is 5.10. The molecule has 3 N–H and O–H groups in total. The van der Waals surface area contributed by atoms with Crippen LogP contribution in [0.25, 0.3) is 0 Å². The van der Waals surface area contributed by atoms with Crippen molar-refractivity contribution in [2.24, 2.45) is 5.73 Å². The van der Waals surface area contributed by atoms with Gasteiger partial charge in [0.25, 0.3) is 5.91 Å². The minimum atomic E-state index is -0.461. The monoisotopic (exact) mass is 202 g/mol. The summed E-state index contributed by atoms with van der Waals surface area (Å²) in [4.78, 5) is 16.4. The van der Waals surface area contributed by atoms with Crippen molar-refractivity contribution in [3.05, 3.63) is 0 Å². The lowest BCUT2D eigenvalue weighted by molar-refractivity contribution is -0.147. The molecule has 1 amide bonds. The lowest BCUT2D eigenvalue weighted by Crippen LogP contribution is -2.43.